The summed E-state index contributed by atoms with van der Waals surface area (Å²) in [6, 6.07) is 7.76. The van der Waals surface area contributed by atoms with Gasteiger partial charge in [0, 0.05) is 19.6 Å². The molecule has 1 saturated heterocycles. The number of benzene rings is 1. The van der Waals surface area contributed by atoms with Crippen LogP contribution in [0.2, 0.25) is 0 Å². The van der Waals surface area contributed by atoms with Crippen LogP contribution in [0.3, 0.4) is 0 Å². The van der Waals surface area contributed by atoms with Gasteiger partial charge in [0.15, 0.2) is 5.65 Å². The molecule has 1 N–H and O–H groups in total. The number of hydrogen-bond acceptors (Lipinski definition) is 7. The molecule has 166 valence electrons. The van der Waals surface area contributed by atoms with Gasteiger partial charge in [-0.1, -0.05) is 12.1 Å². The first-order chi connectivity index (χ1) is 15.6. The second-order valence-corrected chi connectivity index (χ2v) is 8.18. The van der Waals surface area contributed by atoms with Crippen LogP contribution < -0.4 is 10.2 Å². The smallest absolute Gasteiger partial charge is 0.240 e. The van der Waals surface area contributed by atoms with E-state index in [1.165, 1.54) is 0 Å². The van der Waals surface area contributed by atoms with E-state index in [9.17, 15) is 4.79 Å². The molecule has 32 heavy (non-hydrogen) atoms. The summed E-state index contributed by atoms with van der Waals surface area (Å²) in [5, 5.41) is 8.36. The Labute approximate surface area is 185 Å². The second kappa shape index (κ2) is 8.54. The molecular weight excluding hydrogens is 408 g/mol. The van der Waals surface area contributed by atoms with Crippen molar-refractivity contribution in [2.24, 2.45) is 0 Å². The summed E-state index contributed by atoms with van der Waals surface area (Å²) >= 11 is 0. The van der Waals surface area contributed by atoms with Gasteiger partial charge in [-0.2, -0.15) is 5.10 Å². The van der Waals surface area contributed by atoms with E-state index in [1.54, 1.807) is 23.5 Å². The summed E-state index contributed by atoms with van der Waals surface area (Å²) in [7, 11) is 0. The van der Waals surface area contributed by atoms with E-state index in [0.29, 0.717) is 13.1 Å². The molecule has 0 radical (unpaired) electrons. The maximum atomic E-state index is 12.4. The molecular formula is C22H26N8O2. The van der Waals surface area contributed by atoms with E-state index >= 15 is 0 Å². The standard InChI is InChI=1S/C22H26N8O2/c1-15-10-28(11-16(2)32-15)21-17-9-27-30(22(17)25-13-24-21)8-7-23-20(31)12-29-14-26-18-5-3-4-6-19(18)29/h3-6,9,13-16H,7-8,10-12H2,1-2H3,(H,23,31). The second-order valence-electron chi connectivity index (χ2n) is 8.18. The summed E-state index contributed by atoms with van der Waals surface area (Å²) in [5.74, 6) is 0.801. The number of nitrogens with one attached hydrogen (secondary N) is 1. The number of aromatic nitrogens is 6. The van der Waals surface area contributed by atoms with Crippen molar-refractivity contribution in [1.29, 1.82) is 0 Å². The molecule has 2 atom stereocenters. The minimum absolute atomic E-state index is 0.0729. The zero-order chi connectivity index (χ0) is 22.1. The van der Waals surface area contributed by atoms with E-state index in [0.717, 1.165) is 41.0 Å². The predicted molar refractivity (Wildman–Crippen MR) is 120 cm³/mol. The average Bonchev–Trinajstić information content (AvgIpc) is 3.37. The minimum atomic E-state index is -0.0729. The predicted octanol–water partition coefficient (Wildman–Crippen LogP) is 1.61. The van der Waals surface area contributed by atoms with Crippen LogP contribution in [0.5, 0.6) is 0 Å². The minimum Gasteiger partial charge on any atom is -0.372 e. The Balaban J connectivity index is 1.24. The fourth-order valence-electron chi connectivity index (χ4n) is 4.30. The fourth-order valence-corrected chi connectivity index (χ4v) is 4.30. The van der Waals surface area contributed by atoms with Gasteiger partial charge in [0.2, 0.25) is 5.91 Å². The molecule has 0 spiro atoms. The van der Waals surface area contributed by atoms with E-state index in [1.807, 2.05) is 28.8 Å². The number of imidazole rings is 1. The molecule has 1 aliphatic rings. The maximum Gasteiger partial charge on any atom is 0.240 e. The molecule has 1 amide bonds. The highest BCUT2D eigenvalue weighted by Gasteiger charge is 2.25. The third-order valence-corrected chi connectivity index (χ3v) is 5.62. The maximum absolute atomic E-state index is 12.4. The molecule has 10 heteroatoms. The first kappa shape index (κ1) is 20.4. The van der Waals surface area contributed by atoms with Gasteiger partial charge in [-0.3, -0.25) is 4.79 Å². The van der Waals surface area contributed by atoms with Crippen molar-refractivity contribution in [2.75, 3.05) is 24.5 Å². The summed E-state index contributed by atoms with van der Waals surface area (Å²) < 4.78 is 9.49. The highest BCUT2D eigenvalue weighted by molar-refractivity contribution is 5.86. The summed E-state index contributed by atoms with van der Waals surface area (Å²) in [5.41, 5.74) is 2.58. The van der Waals surface area contributed by atoms with Crippen LogP contribution in [0.1, 0.15) is 13.8 Å². The van der Waals surface area contributed by atoms with Crippen molar-refractivity contribution in [2.45, 2.75) is 39.1 Å². The normalized spacial score (nSPS) is 19.0. The quantitative estimate of drug-likeness (QED) is 0.492. The molecule has 5 rings (SSSR count). The number of carbonyl (C=O) groups is 1. The van der Waals surface area contributed by atoms with E-state index < -0.39 is 0 Å². The monoisotopic (exact) mass is 434 g/mol. The molecule has 0 bridgehead atoms. The van der Waals surface area contributed by atoms with Gasteiger partial charge in [0.05, 0.1) is 47.7 Å². The molecule has 2 unspecified atom stereocenters. The van der Waals surface area contributed by atoms with Crippen LogP contribution in [0.25, 0.3) is 22.1 Å². The highest BCUT2D eigenvalue weighted by atomic mass is 16.5. The van der Waals surface area contributed by atoms with Gasteiger partial charge in [0.25, 0.3) is 0 Å². The Morgan fingerprint density at radius 2 is 1.97 bits per heavy atom. The molecule has 1 aliphatic heterocycles. The van der Waals surface area contributed by atoms with Gasteiger partial charge in [0.1, 0.15) is 18.7 Å². The van der Waals surface area contributed by atoms with Crippen molar-refractivity contribution in [3.63, 3.8) is 0 Å². The van der Waals surface area contributed by atoms with Crippen LogP contribution in [-0.4, -0.2) is 67.0 Å². The topological polar surface area (TPSA) is 103 Å². The number of anilines is 1. The van der Waals surface area contributed by atoms with Crippen molar-refractivity contribution < 1.29 is 9.53 Å². The summed E-state index contributed by atoms with van der Waals surface area (Å²) in [6.45, 7) is 6.89. The van der Waals surface area contributed by atoms with E-state index in [2.05, 4.69) is 44.1 Å². The number of carbonyl (C=O) groups excluding carboxylic acids is 1. The van der Waals surface area contributed by atoms with Crippen molar-refractivity contribution >= 4 is 33.8 Å². The Kier molecular flexibility index (Phi) is 5.44. The SMILES string of the molecule is CC1CN(c2ncnc3c2cnn3CCNC(=O)Cn2cnc3ccccc32)CC(C)O1. The van der Waals surface area contributed by atoms with Gasteiger partial charge in [-0.15, -0.1) is 0 Å². The fraction of sp³-hybridized carbons (Fsp3) is 0.409. The first-order valence-corrected chi connectivity index (χ1v) is 10.8. The number of nitrogens with zero attached hydrogens (tertiary/aromatic N) is 7. The van der Waals surface area contributed by atoms with E-state index in [-0.39, 0.29) is 24.7 Å². The Bertz CT molecular complexity index is 1240. The summed E-state index contributed by atoms with van der Waals surface area (Å²) in [4.78, 5) is 27.9. The zero-order valence-electron chi connectivity index (χ0n) is 18.2. The van der Waals surface area contributed by atoms with Gasteiger partial charge in [-0.25, -0.2) is 19.6 Å². The number of fused-ring (bicyclic) bond motifs is 2. The van der Waals surface area contributed by atoms with Crippen LogP contribution in [0.4, 0.5) is 5.82 Å². The van der Waals surface area contributed by atoms with Crippen molar-refractivity contribution in [3.8, 4) is 0 Å². The number of hydrogen-bond donors (Lipinski definition) is 1. The number of ether oxygens (including phenoxy) is 1. The van der Waals surface area contributed by atoms with Crippen molar-refractivity contribution in [1.82, 2.24) is 34.6 Å². The average molecular weight is 435 g/mol. The first-order valence-electron chi connectivity index (χ1n) is 10.8. The molecule has 1 fully saturated rings. The summed E-state index contributed by atoms with van der Waals surface area (Å²) in [6.07, 6.45) is 5.35. The molecule has 0 aliphatic carbocycles. The molecule has 4 heterocycles. The molecule has 3 aromatic heterocycles. The van der Waals surface area contributed by atoms with Crippen molar-refractivity contribution in [3.05, 3.63) is 43.1 Å². The molecule has 0 saturated carbocycles. The lowest BCUT2D eigenvalue weighted by molar-refractivity contribution is -0.121. The molecule has 10 nitrogen and oxygen atoms in total. The lowest BCUT2D eigenvalue weighted by atomic mass is 10.2. The Morgan fingerprint density at radius 3 is 2.81 bits per heavy atom. The van der Waals surface area contributed by atoms with Crippen LogP contribution >= 0.6 is 0 Å². The largest absolute Gasteiger partial charge is 0.372 e. The lowest BCUT2D eigenvalue weighted by Gasteiger charge is -2.36. The number of amides is 1. The molecule has 4 aromatic rings. The Hall–Kier alpha value is -3.53. The molecule has 1 aromatic carbocycles. The highest BCUT2D eigenvalue weighted by Crippen LogP contribution is 2.25. The van der Waals surface area contributed by atoms with E-state index in [4.69, 9.17) is 4.74 Å². The van der Waals surface area contributed by atoms with Crippen LogP contribution in [-0.2, 0) is 22.6 Å². The number of para-hydroxylation sites is 2. The zero-order valence-corrected chi connectivity index (χ0v) is 18.2. The van der Waals surface area contributed by atoms with Gasteiger partial charge < -0.3 is 19.5 Å². The lowest BCUT2D eigenvalue weighted by Crippen LogP contribution is -2.45. The van der Waals surface area contributed by atoms with Crippen LogP contribution in [0.15, 0.2) is 43.1 Å². The Morgan fingerprint density at radius 1 is 1.16 bits per heavy atom. The number of rotatable bonds is 6. The third-order valence-electron chi connectivity index (χ3n) is 5.62. The van der Waals surface area contributed by atoms with Gasteiger partial charge in [-0.05, 0) is 26.0 Å². The third kappa shape index (κ3) is 4.01. The van der Waals surface area contributed by atoms with Gasteiger partial charge >= 0.3 is 0 Å². The number of morpholine rings is 1. The van der Waals surface area contributed by atoms with Crippen LogP contribution in [0, 0.1) is 0 Å².